The molecule has 2 unspecified atom stereocenters. The fourth-order valence-corrected chi connectivity index (χ4v) is 3.67. The molecular formula is C13H20OS. The molecule has 0 radical (unpaired) electrons. The third kappa shape index (κ3) is 1.98. The van der Waals surface area contributed by atoms with Crippen LogP contribution < -0.4 is 0 Å². The van der Waals surface area contributed by atoms with Gasteiger partial charge in [-0.15, -0.1) is 0 Å². The van der Waals surface area contributed by atoms with Crippen LogP contribution in [0.5, 0.6) is 0 Å². The van der Waals surface area contributed by atoms with Gasteiger partial charge in [-0.25, -0.2) is 0 Å². The number of thiophene rings is 1. The molecule has 1 aromatic heterocycles. The van der Waals surface area contributed by atoms with Crippen molar-refractivity contribution in [3.63, 3.8) is 0 Å². The highest BCUT2D eigenvalue weighted by molar-refractivity contribution is 7.08. The van der Waals surface area contributed by atoms with Gasteiger partial charge in [0, 0.05) is 0 Å². The van der Waals surface area contributed by atoms with Crippen LogP contribution in [-0.4, -0.2) is 5.11 Å². The summed E-state index contributed by atoms with van der Waals surface area (Å²) in [5.74, 6) is 0.996. The van der Waals surface area contributed by atoms with Gasteiger partial charge in [0.25, 0.3) is 0 Å². The van der Waals surface area contributed by atoms with E-state index in [-0.39, 0.29) is 0 Å². The zero-order chi connectivity index (χ0) is 10.9. The molecule has 1 aliphatic rings. The first-order valence-corrected chi connectivity index (χ1v) is 6.84. The van der Waals surface area contributed by atoms with Gasteiger partial charge in [-0.2, -0.15) is 11.3 Å². The Hall–Kier alpha value is -0.340. The van der Waals surface area contributed by atoms with Crippen molar-refractivity contribution in [1.29, 1.82) is 0 Å². The van der Waals surface area contributed by atoms with Crippen molar-refractivity contribution >= 4 is 11.3 Å². The van der Waals surface area contributed by atoms with E-state index in [1.165, 1.54) is 12.8 Å². The monoisotopic (exact) mass is 224 g/mol. The maximum absolute atomic E-state index is 10.9. The van der Waals surface area contributed by atoms with Gasteiger partial charge in [-0.3, -0.25) is 0 Å². The molecular weight excluding hydrogens is 204 g/mol. The first-order valence-electron chi connectivity index (χ1n) is 5.89. The molecule has 0 bridgehead atoms. The molecule has 1 fully saturated rings. The zero-order valence-electron chi connectivity index (χ0n) is 9.57. The maximum Gasteiger partial charge on any atom is 0.0935 e. The molecule has 1 saturated carbocycles. The van der Waals surface area contributed by atoms with Gasteiger partial charge in [0.1, 0.15) is 0 Å². The Labute approximate surface area is 96.1 Å². The Balaban J connectivity index is 2.30. The molecule has 15 heavy (non-hydrogen) atoms. The van der Waals surface area contributed by atoms with Crippen LogP contribution in [0, 0.1) is 11.8 Å². The SMILES string of the molecule is CC(C)C1CCCCC1(O)c1ccsc1. The Morgan fingerprint density at radius 3 is 2.87 bits per heavy atom. The van der Waals surface area contributed by atoms with E-state index >= 15 is 0 Å². The van der Waals surface area contributed by atoms with Crippen molar-refractivity contribution in [2.45, 2.75) is 45.1 Å². The summed E-state index contributed by atoms with van der Waals surface area (Å²) in [6, 6.07) is 2.09. The first kappa shape index (κ1) is 11.2. The summed E-state index contributed by atoms with van der Waals surface area (Å²) in [5, 5.41) is 15.0. The Kier molecular flexibility index (Phi) is 3.17. The minimum atomic E-state index is -0.549. The van der Waals surface area contributed by atoms with Crippen LogP contribution in [0.2, 0.25) is 0 Å². The fourth-order valence-electron chi connectivity index (χ4n) is 2.94. The van der Waals surface area contributed by atoms with E-state index in [9.17, 15) is 5.11 Å². The summed E-state index contributed by atoms with van der Waals surface area (Å²) in [6.07, 6.45) is 4.54. The normalized spacial score (nSPS) is 32.1. The van der Waals surface area contributed by atoms with Crippen LogP contribution in [-0.2, 0) is 5.60 Å². The van der Waals surface area contributed by atoms with E-state index in [1.54, 1.807) is 11.3 Å². The molecule has 1 aromatic rings. The van der Waals surface area contributed by atoms with Gasteiger partial charge < -0.3 is 5.11 Å². The molecule has 84 valence electrons. The summed E-state index contributed by atoms with van der Waals surface area (Å²) in [4.78, 5) is 0. The molecule has 1 nitrogen and oxygen atoms in total. The lowest BCUT2D eigenvalue weighted by atomic mass is 9.68. The van der Waals surface area contributed by atoms with Gasteiger partial charge in [0.15, 0.2) is 0 Å². The highest BCUT2D eigenvalue weighted by Gasteiger charge is 2.41. The minimum Gasteiger partial charge on any atom is -0.385 e. The van der Waals surface area contributed by atoms with E-state index < -0.39 is 5.60 Å². The molecule has 0 spiro atoms. The summed E-state index contributed by atoms with van der Waals surface area (Å²) in [6.45, 7) is 4.46. The van der Waals surface area contributed by atoms with E-state index in [1.807, 2.05) is 0 Å². The summed E-state index contributed by atoms with van der Waals surface area (Å²) in [7, 11) is 0. The number of hydrogen-bond acceptors (Lipinski definition) is 2. The molecule has 0 amide bonds. The van der Waals surface area contributed by atoms with Crippen molar-refractivity contribution in [2.75, 3.05) is 0 Å². The molecule has 1 aliphatic carbocycles. The molecule has 1 heterocycles. The van der Waals surface area contributed by atoms with E-state index in [0.717, 1.165) is 18.4 Å². The Morgan fingerprint density at radius 2 is 2.27 bits per heavy atom. The van der Waals surface area contributed by atoms with Crippen LogP contribution in [0.4, 0.5) is 0 Å². The van der Waals surface area contributed by atoms with Crippen LogP contribution in [0.1, 0.15) is 45.1 Å². The van der Waals surface area contributed by atoms with Crippen LogP contribution in [0.25, 0.3) is 0 Å². The quantitative estimate of drug-likeness (QED) is 0.810. The van der Waals surface area contributed by atoms with Crippen LogP contribution in [0.15, 0.2) is 16.8 Å². The van der Waals surface area contributed by atoms with Gasteiger partial charge in [-0.1, -0.05) is 26.7 Å². The summed E-state index contributed by atoms with van der Waals surface area (Å²) >= 11 is 1.69. The topological polar surface area (TPSA) is 20.2 Å². The number of rotatable bonds is 2. The van der Waals surface area contributed by atoms with Crippen LogP contribution in [0.3, 0.4) is 0 Å². The summed E-state index contributed by atoms with van der Waals surface area (Å²) < 4.78 is 0. The van der Waals surface area contributed by atoms with E-state index in [2.05, 4.69) is 30.7 Å². The third-order valence-corrected chi connectivity index (χ3v) is 4.45. The van der Waals surface area contributed by atoms with Gasteiger partial charge >= 0.3 is 0 Å². The lowest BCUT2D eigenvalue weighted by Gasteiger charge is -2.42. The average molecular weight is 224 g/mol. The molecule has 0 saturated heterocycles. The fraction of sp³-hybridized carbons (Fsp3) is 0.692. The van der Waals surface area contributed by atoms with Gasteiger partial charge in [0.2, 0.25) is 0 Å². The Bertz CT molecular complexity index is 304. The van der Waals surface area contributed by atoms with Crippen LogP contribution >= 0.6 is 11.3 Å². The lowest BCUT2D eigenvalue weighted by Crippen LogP contribution is -2.40. The second-order valence-electron chi connectivity index (χ2n) is 5.03. The first-order chi connectivity index (χ1) is 7.14. The number of aliphatic hydroxyl groups is 1. The molecule has 2 rings (SSSR count). The van der Waals surface area contributed by atoms with Gasteiger partial charge in [-0.05, 0) is 47.1 Å². The standard InChI is InChI=1S/C13H20OS/c1-10(2)12-5-3-4-7-13(12,14)11-6-8-15-9-11/h6,8-10,12,14H,3-5,7H2,1-2H3. The predicted octanol–water partition coefficient (Wildman–Crippen LogP) is 3.78. The second-order valence-corrected chi connectivity index (χ2v) is 5.81. The summed E-state index contributed by atoms with van der Waals surface area (Å²) in [5.41, 5.74) is 0.595. The zero-order valence-corrected chi connectivity index (χ0v) is 10.4. The van der Waals surface area contributed by atoms with Crippen molar-refractivity contribution in [2.24, 2.45) is 11.8 Å². The molecule has 2 heteroatoms. The molecule has 1 N–H and O–H groups in total. The third-order valence-electron chi connectivity index (χ3n) is 3.76. The minimum absolute atomic E-state index is 0.431. The number of hydrogen-bond donors (Lipinski definition) is 1. The lowest BCUT2D eigenvalue weighted by molar-refractivity contribution is -0.0718. The van der Waals surface area contributed by atoms with Crippen molar-refractivity contribution < 1.29 is 5.11 Å². The molecule has 0 aromatic carbocycles. The van der Waals surface area contributed by atoms with Gasteiger partial charge in [0.05, 0.1) is 5.60 Å². The molecule has 2 atom stereocenters. The van der Waals surface area contributed by atoms with Crippen molar-refractivity contribution in [3.05, 3.63) is 22.4 Å². The van der Waals surface area contributed by atoms with E-state index in [4.69, 9.17) is 0 Å². The largest absolute Gasteiger partial charge is 0.385 e. The van der Waals surface area contributed by atoms with Crippen molar-refractivity contribution in [3.8, 4) is 0 Å². The average Bonchev–Trinajstić information content (AvgIpc) is 2.71. The highest BCUT2D eigenvalue weighted by Crippen LogP contribution is 2.45. The maximum atomic E-state index is 10.9. The second kappa shape index (κ2) is 4.26. The smallest absolute Gasteiger partial charge is 0.0935 e. The molecule has 0 aliphatic heterocycles. The van der Waals surface area contributed by atoms with Crippen molar-refractivity contribution in [1.82, 2.24) is 0 Å². The highest BCUT2D eigenvalue weighted by atomic mass is 32.1. The van der Waals surface area contributed by atoms with E-state index in [0.29, 0.717) is 11.8 Å². The Morgan fingerprint density at radius 1 is 1.47 bits per heavy atom. The predicted molar refractivity (Wildman–Crippen MR) is 65.0 cm³/mol.